The lowest BCUT2D eigenvalue weighted by Crippen LogP contribution is -2.41. The molecule has 0 bridgehead atoms. The summed E-state index contributed by atoms with van der Waals surface area (Å²) < 4.78 is 44.8. The Hall–Kier alpha value is -1.05. The average molecular weight is 429 g/mol. The summed E-state index contributed by atoms with van der Waals surface area (Å²) in [6.45, 7) is 16.2. The zero-order valence-electron chi connectivity index (χ0n) is 18.4. The first-order valence-electron chi connectivity index (χ1n) is 10.7. The van der Waals surface area contributed by atoms with Crippen LogP contribution in [0.15, 0.2) is 24.3 Å². The lowest BCUT2D eigenvalue weighted by atomic mass is 10.0. The van der Waals surface area contributed by atoms with Crippen LogP contribution in [0, 0.1) is 5.92 Å². The summed E-state index contributed by atoms with van der Waals surface area (Å²) in [6.07, 6.45) is -2.13. The third-order valence-corrected chi connectivity index (χ3v) is 11.6. The minimum Gasteiger partial charge on any atom is -0.417 e. The fourth-order valence-corrected chi connectivity index (χ4v) is 5.31. The van der Waals surface area contributed by atoms with Gasteiger partial charge in [0.05, 0.1) is 5.56 Å². The van der Waals surface area contributed by atoms with Crippen molar-refractivity contribution in [2.75, 3.05) is 37.7 Å². The zero-order chi connectivity index (χ0) is 21.4. The van der Waals surface area contributed by atoms with E-state index in [1.165, 1.54) is 12.1 Å². The highest BCUT2D eigenvalue weighted by Gasteiger charge is 2.41. The molecule has 0 aliphatic carbocycles. The summed E-state index contributed by atoms with van der Waals surface area (Å²) in [4.78, 5) is 4.80. The maximum absolute atomic E-state index is 12.8. The van der Waals surface area contributed by atoms with E-state index in [2.05, 4.69) is 43.7 Å². The molecule has 0 aromatic heterocycles. The molecule has 0 spiro atoms. The second-order valence-corrected chi connectivity index (χ2v) is 14.9. The van der Waals surface area contributed by atoms with E-state index in [-0.39, 0.29) is 5.04 Å². The van der Waals surface area contributed by atoms with E-state index in [1.54, 1.807) is 12.1 Å². The van der Waals surface area contributed by atoms with Crippen LogP contribution in [0.25, 0.3) is 0 Å². The summed E-state index contributed by atoms with van der Waals surface area (Å²) in [5, 5.41) is 0.236. The van der Waals surface area contributed by atoms with Gasteiger partial charge in [-0.15, -0.1) is 0 Å². The highest BCUT2D eigenvalue weighted by molar-refractivity contribution is 6.74. The standard InChI is InChI=1S/C22H35F3N2OSi/c1-21(2,3)29(4,5)28-14-6-12-26-15-17-11-13-27(20(17)16-26)19-9-7-18(8-10-19)22(23,24)25/h7-10,17,20H,6,11-16H2,1-5H3. The van der Waals surface area contributed by atoms with Crippen molar-refractivity contribution < 1.29 is 17.6 Å². The van der Waals surface area contributed by atoms with Crippen molar-refractivity contribution in [3.8, 4) is 0 Å². The Bertz CT molecular complexity index is 685. The molecule has 3 nitrogen and oxygen atoms in total. The minimum atomic E-state index is -4.28. The molecule has 2 atom stereocenters. The number of anilines is 1. The van der Waals surface area contributed by atoms with Gasteiger partial charge in [-0.3, -0.25) is 0 Å². The fraction of sp³-hybridized carbons (Fsp3) is 0.727. The highest BCUT2D eigenvalue weighted by Crippen LogP contribution is 2.38. The molecule has 2 aliphatic heterocycles. The first kappa shape index (κ1) is 22.6. The Morgan fingerprint density at radius 2 is 1.72 bits per heavy atom. The molecule has 2 unspecified atom stereocenters. The molecule has 1 aromatic carbocycles. The molecule has 2 saturated heterocycles. The van der Waals surface area contributed by atoms with Gasteiger partial charge in [0.2, 0.25) is 0 Å². The van der Waals surface area contributed by atoms with E-state index in [0.29, 0.717) is 12.0 Å². The third-order valence-electron chi connectivity index (χ3n) is 7.04. The van der Waals surface area contributed by atoms with Gasteiger partial charge in [0.1, 0.15) is 0 Å². The largest absolute Gasteiger partial charge is 0.417 e. The van der Waals surface area contributed by atoms with E-state index in [4.69, 9.17) is 4.43 Å². The molecule has 2 aliphatic rings. The van der Waals surface area contributed by atoms with E-state index < -0.39 is 20.1 Å². The summed E-state index contributed by atoms with van der Waals surface area (Å²) in [6, 6.07) is 6.07. The van der Waals surface area contributed by atoms with Crippen molar-refractivity contribution in [3.63, 3.8) is 0 Å². The normalized spacial score (nSPS) is 23.7. The van der Waals surface area contributed by atoms with E-state index in [0.717, 1.165) is 51.3 Å². The second-order valence-electron chi connectivity index (χ2n) is 10.1. The van der Waals surface area contributed by atoms with Crippen LogP contribution in [-0.4, -0.2) is 52.0 Å². The molecule has 0 amide bonds. The number of alkyl halides is 3. The number of rotatable bonds is 6. The Balaban J connectivity index is 1.50. The van der Waals surface area contributed by atoms with Gasteiger partial charge in [-0.05, 0) is 61.2 Å². The lowest BCUT2D eigenvalue weighted by Gasteiger charge is -2.36. The van der Waals surface area contributed by atoms with E-state index in [1.807, 2.05) is 0 Å². The van der Waals surface area contributed by atoms with Crippen molar-refractivity contribution in [2.45, 2.75) is 64.0 Å². The Morgan fingerprint density at radius 1 is 1.07 bits per heavy atom. The molecular formula is C22H35F3N2OSi. The van der Waals surface area contributed by atoms with E-state index >= 15 is 0 Å². The monoisotopic (exact) mass is 428 g/mol. The third kappa shape index (κ3) is 5.17. The Morgan fingerprint density at radius 3 is 2.31 bits per heavy atom. The van der Waals surface area contributed by atoms with Crippen molar-refractivity contribution in [2.24, 2.45) is 5.92 Å². The van der Waals surface area contributed by atoms with Crippen molar-refractivity contribution >= 4 is 14.0 Å². The van der Waals surface area contributed by atoms with Gasteiger partial charge in [-0.1, -0.05) is 20.8 Å². The fourth-order valence-electron chi connectivity index (χ4n) is 4.23. The van der Waals surface area contributed by atoms with E-state index in [9.17, 15) is 13.2 Å². The molecule has 0 N–H and O–H groups in total. The Labute approximate surface area is 174 Å². The van der Waals surface area contributed by atoms with Crippen molar-refractivity contribution in [1.29, 1.82) is 0 Å². The number of halogens is 3. The predicted molar refractivity (Wildman–Crippen MR) is 115 cm³/mol. The SMILES string of the molecule is CC(C)(C)[Si](C)(C)OCCCN1CC2CCN(c3ccc(C(F)(F)F)cc3)C2C1. The number of likely N-dealkylation sites (tertiary alicyclic amines) is 1. The van der Waals surface area contributed by atoms with Gasteiger partial charge >= 0.3 is 6.18 Å². The molecule has 0 radical (unpaired) electrons. The van der Waals surface area contributed by atoms with Gasteiger partial charge in [-0.25, -0.2) is 0 Å². The molecular weight excluding hydrogens is 393 g/mol. The van der Waals surface area contributed by atoms with Gasteiger partial charge < -0.3 is 14.2 Å². The molecule has 3 rings (SSSR count). The second kappa shape index (κ2) is 8.23. The van der Waals surface area contributed by atoms with Crippen molar-refractivity contribution in [1.82, 2.24) is 4.90 Å². The maximum atomic E-state index is 12.8. The number of nitrogens with zero attached hydrogens (tertiary/aromatic N) is 2. The van der Waals surface area contributed by atoms with Gasteiger partial charge in [0, 0.05) is 44.5 Å². The number of hydrogen-bond acceptors (Lipinski definition) is 3. The zero-order valence-corrected chi connectivity index (χ0v) is 19.4. The van der Waals surface area contributed by atoms with Crippen LogP contribution in [0.5, 0.6) is 0 Å². The predicted octanol–water partition coefficient (Wildman–Crippen LogP) is 5.63. The molecule has 1 aromatic rings. The molecule has 2 heterocycles. The molecule has 164 valence electrons. The molecule has 2 fully saturated rings. The van der Waals surface area contributed by atoms with Crippen LogP contribution in [0.4, 0.5) is 18.9 Å². The van der Waals surface area contributed by atoms with Crippen LogP contribution in [0.1, 0.15) is 39.2 Å². The number of hydrogen-bond donors (Lipinski definition) is 0. The number of fused-ring (bicyclic) bond motifs is 1. The van der Waals surface area contributed by atoms with Crippen molar-refractivity contribution in [3.05, 3.63) is 29.8 Å². The first-order valence-corrected chi connectivity index (χ1v) is 13.6. The summed E-state index contributed by atoms with van der Waals surface area (Å²) >= 11 is 0. The summed E-state index contributed by atoms with van der Waals surface area (Å²) in [7, 11) is -1.68. The van der Waals surface area contributed by atoms with Crippen LogP contribution in [0.2, 0.25) is 18.1 Å². The first-order chi connectivity index (χ1) is 13.4. The molecule has 29 heavy (non-hydrogen) atoms. The highest BCUT2D eigenvalue weighted by atomic mass is 28.4. The number of benzene rings is 1. The van der Waals surface area contributed by atoms with Gasteiger partial charge in [-0.2, -0.15) is 13.2 Å². The van der Waals surface area contributed by atoms with Crippen LogP contribution in [-0.2, 0) is 10.6 Å². The maximum Gasteiger partial charge on any atom is 0.416 e. The topological polar surface area (TPSA) is 15.7 Å². The molecule has 7 heteroatoms. The quantitative estimate of drug-likeness (QED) is 0.431. The van der Waals surface area contributed by atoms with Gasteiger partial charge in [0.25, 0.3) is 0 Å². The average Bonchev–Trinajstić information content (AvgIpc) is 3.17. The molecule has 0 saturated carbocycles. The smallest absolute Gasteiger partial charge is 0.416 e. The van der Waals surface area contributed by atoms with Gasteiger partial charge in [0.15, 0.2) is 8.32 Å². The lowest BCUT2D eigenvalue weighted by molar-refractivity contribution is -0.137. The summed E-state index contributed by atoms with van der Waals surface area (Å²) in [5.74, 6) is 0.610. The Kier molecular flexibility index (Phi) is 6.42. The van der Waals surface area contributed by atoms with Crippen LogP contribution in [0.3, 0.4) is 0 Å². The summed E-state index contributed by atoms with van der Waals surface area (Å²) in [5.41, 5.74) is 0.334. The van der Waals surface area contributed by atoms with Crippen LogP contribution >= 0.6 is 0 Å². The minimum absolute atomic E-state index is 0.236. The van der Waals surface area contributed by atoms with Crippen LogP contribution < -0.4 is 4.90 Å².